The lowest BCUT2D eigenvalue weighted by Gasteiger charge is -1.97. The molecule has 6 nitrogen and oxygen atoms in total. The fourth-order valence-electron chi connectivity index (χ4n) is 1.60. The van der Waals surface area contributed by atoms with E-state index in [4.69, 9.17) is 20.4 Å². The summed E-state index contributed by atoms with van der Waals surface area (Å²) in [6.45, 7) is 4.40. The van der Waals surface area contributed by atoms with Gasteiger partial charge in [0, 0.05) is 26.1 Å². The van der Waals surface area contributed by atoms with Crippen molar-refractivity contribution in [3.8, 4) is 0 Å². The lowest BCUT2D eigenvalue weighted by atomic mass is 10.1. The van der Waals surface area contributed by atoms with Crippen LogP contribution in [0.2, 0.25) is 0 Å². The van der Waals surface area contributed by atoms with E-state index in [-0.39, 0.29) is 23.3 Å². The molecule has 0 aromatic carbocycles. The number of carboxylic acid groups (broad SMARTS) is 2. The fraction of sp³-hybridized carbons (Fsp3) is 0.889. The zero-order valence-corrected chi connectivity index (χ0v) is 17.9. The van der Waals surface area contributed by atoms with Crippen molar-refractivity contribution in [2.24, 2.45) is 0 Å². The summed E-state index contributed by atoms with van der Waals surface area (Å²) in [5, 5.41) is 33.5. The van der Waals surface area contributed by atoms with E-state index in [0.29, 0.717) is 26.1 Å². The number of thiol groups is 2. The number of aliphatic carboxylic acids is 2. The van der Waals surface area contributed by atoms with Crippen LogP contribution in [-0.2, 0) is 9.59 Å². The summed E-state index contributed by atoms with van der Waals surface area (Å²) in [7, 11) is 0. The third-order valence-corrected chi connectivity index (χ3v) is 3.63. The molecular formula is C18H38O6S2. The second-order valence-electron chi connectivity index (χ2n) is 6.13. The van der Waals surface area contributed by atoms with Crippen LogP contribution < -0.4 is 0 Å². The van der Waals surface area contributed by atoms with Gasteiger partial charge >= 0.3 is 11.9 Å². The van der Waals surface area contributed by atoms with E-state index < -0.39 is 11.9 Å². The van der Waals surface area contributed by atoms with Crippen molar-refractivity contribution in [2.45, 2.75) is 88.6 Å². The number of rotatable bonds is 13. The molecule has 2 atom stereocenters. The van der Waals surface area contributed by atoms with Gasteiger partial charge in [0.05, 0.1) is 0 Å². The largest absolute Gasteiger partial charge is 0.481 e. The number of carboxylic acids is 2. The van der Waals surface area contributed by atoms with Crippen molar-refractivity contribution in [3.05, 3.63) is 0 Å². The maximum atomic E-state index is 9.87. The molecule has 0 aliphatic rings. The first-order valence-electron chi connectivity index (χ1n) is 9.18. The first-order chi connectivity index (χ1) is 12.2. The lowest BCUT2D eigenvalue weighted by molar-refractivity contribution is -0.138. The van der Waals surface area contributed by atoms with Gasteiger partial charge in [0.1, 0.15) is 0 Å². The van der Waals surface area contributed by atoms with Crippen molar-refractivity contribution in [1.29, 1.82) is 0 Å². The van der Waals surface area contributed by atoms with Crippen LogP contribution in [0, 0.1) is 0 Å². The predicted molar refractivity (Wildman–Crippen MR) is 113 cm³/mol. The van der Waals surface area contributed by atoms with Gasteiger partial charge in [-0.15, -0.1) is 0 Å². The molecule has 0 amide bonds. The number of unbranched alkanes of at least 4 members (excludes halogenated alkanes) is 5. The number of hydrogen-bond acceptors (Lipinski definition) is 6. The minimum Gasteiger partial charge on any atom is -0.481 e. The number of hydrogen-bond donors (Lipinski definition) is 6. The summed E-state index contributed by atoms with van der Waals surface area (Å²) in [5.74, 6) is -1.49. The van der Waals surface area contributed by atoms with Crippen LogP contribution >= 0.6 is 25.3 Å². The lowest BCUT2D eigenvalue weighted by Crippen LogP contribution is -1.98. The molecule has 0 saturated heterocycles. The molecule has 0 heterocycles. The van der Waals surface area contributed by atoms with Gasteiger partial charge < -0.3 is 20.4 Å². The molecular weight excluding hydrogens is 376 g/mol. The summed E-state index contributed by atoms with van der Waals surface area (Å²) in [6.07, 6.45) is 8.26. The maximum Gasteiger partial charge on any atom is 0.303 e. The van der Waals surface area contributed by atoms with Gasteiger partial charge in [-0.05, 0) is 36.2 Å². The smallest absolute Gasteiger partial charge is 0.303 e. The average Bonchev–Trinajstić information content (AvgIpc) is 2.55. The Hall–Kier alpha value is -0.440. The first-order valence-corrected chi connectivity index (χ1v) is 10.2. The van der Waals surface area contributed by atoms with Crippen LogP contribution in [0.3, 0.4) is 0 Å². The molecule has 0 spiro atoms. The van der Waals surface area contributed by atoms with E-state index in [2.05, 4.69) is 25.3 Å². The summed E-state index contributed by atoms with van der Waals surface area (Å²) >= 11 is 8.02. The fourth-order valence-corrected chi connectivity index (χ4v) is 1.85. The van der Waals surface area contributed by atoms with Crippen molar-refractivity contribution in [2.75, 3.05) is 13.2 Å². The van der Waals surface area contributed by atoms with Crippen molar-refractivity contribution in [1.82, 2.24) is 0 Å². The van der Waals surface area contributed by atoms with E-state index in [1.165, 1.54) is 12.8 Å². The molecule has 26 heavy (non-hydrogen) atoms. The van der Waals surface area contributed by atoms with Crippen LogP contribution in [0.1, 0.15) is 78.1 Å². The van der Waals surface area contributed by atoms with Gasteiger partial charge in [-0.3, -0.25) is 9.59 Å². The Bertz CT molecular complexity index is 282. The second-order valence-corrected chi connectivity index (χ2v) is 7.89. The normalized spacial score (nSPS) is 12.1. The second kappa shape index (κ2) is 24.6. The number of aliphatic hydroxyl groups is 2. The first kappa shape index (κ1) is 30.3. The standard InChI is InChI=1S/C8H18O2.2C5H10O2S/c9-7-5-3-1-2-4-6-8-10;2*1-4(8)2-3-5(6)7/h9-10H,1-8H2;2*4,8H,2-3H2,1H3,(H,6,7). The van der Waals surface area contributed by atoms with E-state index >= 15 is 0 Å². The van der Waals surface area contributed by atoms with Crippen LogP contribution in [0.15, 0.2) is 0 Å². The molecule has 0 saturated carbocycles. The van der Waals surface area contributed by atoms with Crippen LogP contribution in [-0.4, -0.2) is 56.1 Å². The van der Waals surface area contributed by atoms with Crippen LogP contribution in [0.5, 0.6) is 0 Å². The van der Waals surface area contributed by atoms with Gasteiger partial charge in [-0.25, -0.2) is 0 Å². The van der Waals surface area contributed by atoms with Crippen molar-refractivity contribution < 1.29 is 30.0 Å². The monoisotopic (exact) mass is 414 g/mol. The molecule has 0 bridgehead atoms. The summed E-state index contributed by atoms with van der Waals surface area (Å²) in [4.78, 5) is 19.7. The van der Waals surface area contributed by atoms with E-state index in [1.54, 1.807) is 0 Å². The minimum absolute atomic E-state index is 0.200. The molecule has 0 aromatic rings. The van der Waals surface area contributed by atoms with Gasteiger partial charge in [0.2, 0.25) is 0 Å². The highest BCUT2D eigenvalue weighted by molar-refractivity contribution is 7.81. The van der Waals surface area contributed by atoms with Gasteiger partial charge in [0.15, 0.2) is 0 Å². The Labute approximate surface area is 169 Å². The topological polar surface area (TPSA) is 115 Å². The van der Waals surface area contributed by atoms with Crippen molar-refractivity contribution in [3.63, 3.8) is 0 Å². The third-order valence-electron chi connectivity index (χ3n) is 3.12. The van der Waals surface area contributed by atoms with Crippen LogP contribution in [0.25, 0.3) is 0 Å². The maximum absolute atomic E-state index is 9.87. The minimum atomic E-state index is -0.745. The summed E-state index contributed by atoms with van der Waals surface area (Å²) < 4.78 is 0. The number of aliphatic hydroxyl groups excluding tert-OH is 2. The average molecular weight is 415 g/mol. The molecule has 0 aliphatic heterocycles. The highest BCUT2D eigenvalue weighted by Crippen LogP contribution is 2.04. The number of carbonyl (C=O) groups is 2. The molecule has 0 aliphatic carbocycles. The van der Waals surface area contributed by atoms with Crippen molar-refractivity contribution >= 4 is 37.2 Å². The molecule has 8 heteroatoms. The summed E-state index contributed by atoms with van der Waals surface area (Å²) in [5.41, 5.74) is 0. The van der Waals surface area contributed by atoms with E-state index in [1.807, 2.05) is 13.8 Å². The van der Waals surface area contributed by atoms with Gasteiger partial charge in [0.25, 0.3) is 0 Å². The zero-order chi connectivity index (χ0) is 20.8. The molecule has 158 valence electrons. The molecule has 4 N–H and O–H groups in total. The Balaban J connectivity index is -0.000000308. The molecule has 0 rings (SSSR count). The molecule has 0 fully saturated rings. The van der Waals surface area contributed by atoms with E-state index in [9.17, 15) is 9.59 Å². The quantitative estimate of drug-likeness (QED) is 0.202. The Morgan fingerprint density at radius 3 is 1.12 bits per heavy atom. The highest BCUT2D eigenvalue weighted by atomic mass is 32.1. The van der Waals surface area contributed by atoms with Gasteiger partial charge in [-0.1, -0.05) is 39.5 Å². The van der Waals surface area contributed by atoms with Crippen LogP contribution in [0.4, 0.5) is 0 Å². The third kappa shape index (κ3) is 43.7. The molecule has 0 aromatic heterocycles. The predicted octanol–water partition coefficient (Wildman–Crippen LogP) is 3.65. The Kier molecular flexibility index (Phi) is 28.6. The Morgan fingerprint density at radius 2 is 0.962 bits per heavy atom. The summed E-state index contributed by atoms with van der Waals surface area (Å²) in [6, 6.07) is 0. The van der Waals surface area contributed by atoms with E-state index in [0.717, 1.165) is 25.7 Å². The SMILES string of the molecule is CC(S)CCC(=O)O.CC(S)CCC(=O)O.OCCCCCCCCO. The Morgan fingerprint density at radius 1 is 0.692 bits per heavy atom. The highest BCUT2D eigenvalue weighted by Gasteiger charge is 1.99. The molecule has 0 radical (unpaired) electrons. The molecule has 2 unspecified atom stereocenters. The zero-order valence-electron chi connectivity index (χ0n) is 16.1. The van der Waals surface area contributed by atoms with Gasteiger partial charge in [-0.2, -0.15) is 25.3 Å².